The van der Waals surface area contributed by atoms with Crippen LogP contribution in [0.15, 0.2) is 4.99 Å². The van der Waals surface area contributed by atoms with Gasteiger partial charge in [0.25, 0.3) is 0 Å². The standard InChI is InChI=1S/C2H4ClN/c1-4-2-3/h2H,1H3. The third kappa shape index (κ3) is 1.96. The van der Waals surface area contributed by atoms with Crippen LogP contribution in [-0.2, 0) is 0 Å². The predicted molar refractivity (Wildman–Crippen MR) is 20.3 cm³/mol. The van der Waals surface area contributed by atoms with E-state index in [1.165, 1.54) is 5.67 Å². The lowest BCUT2D eigenvalue weighted by molar-refractivity contribution is 1.49. The summed E-state index contributed by atoms with van der Waals surface area (Å²) in [5.74, 6) is 0. The Hall–Kier alpha value is -0.0400. The second-order valence-electron chi connectivity index (χ2n) is 0.356. The van der Waals surface area contributed by atoms with Crippen molar-refractivity contribution in [3.63, 3.8) is 0 Å². The molecule has 0 amide bonds. The molecule has 0 N–H and O–H groups in total. The second-order valence-corrected chi connectivity index (χ2v) is 0.551. The van der Waals surface area contributed by atoms with Gasteiger partial charge in [0.2, 0.25) is 0 Å². The lowest BCUT2D eigenvalue weighted by Crippen LogP contribution is -1.41. The van der Waals surface area contributed by atoms with E-state index < -0.39 is 0 Å². The van der Waals surface area contributed by atoms with Gasteiger partial charge in [0.05, 0.1) is 5.67 Å². The maximum atomic E-state index is 4.89. The van der Waals surface area contributed by atoms with Crippen LogP contribution in [0, 0.1) is 0 Å². The number of hydrogen-bond donors (Lipinski definition) is 0. The van der Waals surface area contributed by atoms with Crippen molar-refractivity contribution in [2.45, 2.75) is 0 Å². The van der Waals surface area contributed by atoms with Crippen LogP contribution in [0.1, 0.15) is 0 Å². The Morgan fingerprint density at radius 1 is 2.00 bits per heavy atom. The zero-order valence-electron chi connectivity index (χ0n) is 2.40. The van der Waals surface area contributed by atoms with Crippen LogP contribution in [0.2, 0.25) is 0 Å². The van der Waals surface area contributed by atoms with E-state index in [2.05, 4.69) is 4.99 Å². The third-order valence-electron chi connectivity index (χ3n) is 0.0976. The molecular formula is C2H4ClN. The van der Waals surface area contributed by atoms with Crippen molar-refractivity contribution in [3.05, 3.63) is 0 Å². The number of aliphatic imine (C=N–C) groups is 1. The second kappa shape index (κ2) is 2.96. The fraction of sp³-hybridized carbons (Fsp3) is 0.500. The molecule has 0 saturated carbocycles. The van der Waals surface area contributed by atoms with Crippen LogP contribution < -0.4 is 0 Å². The quantitative estimate of drug-likeness (QED) is 0.381. The number of hydrogen-bond acceptors (Lipinski definition) is 1. The number of nitrogens with zero attached hydrogens (tertiary/aromatic N) is 1. The van der Waals surface area contributed by atoms with Crippen LogP contribution in [0.25, 0.3) is 0 Å². The summed E-state index contributed by atoms with van der Waals surface area (Å²) in [5.41, 5.74) is 1.22. The fourth-order valence-electron chi connectivity index (χ4n) is 0. The molecule has 4 heavy (non-hydrogen) atoms. The normalized spacial score (nSPS) is 9.50. The van der Waals surface area contributed by atoms with Gasteiger partial charge < -0.3 is 0 Å². The molecule has 0 heterocycles. The van der Waals surface area contributed by atoms with Crippen molar-refractivity contribution in [1.29, 1.82) is 0 Å². The van der Waals surface area contributed by atoms with Crippen molar-refractivity contribution < 1.29 is 0 Å². The molecule has 0 aliphatic heterocycles. The first-order valence-corrected chi connectivity index (χ1v) is 1.36. The van der Waals surface area contributed by atoms with Crippen molar-refractivity contribution in [3.8, 4) is 0 Å². The predicted octanol–water partition coefficient (Wildman–Crippen LogP) is 0.883. The highest BCUT2D eigenvalue weighted by atomic mass is 35.5. The molecule has 0 aromatic carbocycles. The van der Waals surface area contributed by atoms with Crippen LogP contribution in [0.3, 0.4) is 0 Å². The van der Waals surface area contributed by atoms with E-state index in [1.54, 1.807) is 7.05 Å². The largest absolute Gasteiger partial charge is 0.284 e. The van der Waals surface area contributed by atoms with E-state index in [-0.39, 0.29) is 0 Å². The minimum absolute atomic E-state index is 1.22. The molecule has 0 rings (SSSR count). The van der Waals surface area contributed by atoms with E-state index in [0.29, 0.717) is 0 Å². The van der Waals surface area contributed by atoms with Gasteiger partial charge in [-0.15, -0.1) is 0 Å². The molecule has 0 aromatic rings. The summed E-state index contributed by atoms with van der Waals surface area (Å²) >= 11 is 4.89. The van der Waals surface area contributed by atoms with Gasteiger partial charge in [0.1, 0.15) is 0 Å². The molecule has 0 fully saturated rings. The Bertz CT molecular complexity index is 21.2. The van der Waals surface area contributed by atoms with Gasteiger partial charge in [0, 0.05) is 7.05 Å². The van der Waals surface area contributed by atoms with Crippen LogP contribution >= 0.6 is 11.6 Å². The van der Waals surface area contributed by atoms with Gasteiger partial charge in [-0.25, -0.2) is 0 Å². The molecule has 2 heteroatoms. The fourth-order valence-corrected chi connectivity index (χ4v) is 0. The van der Waals surface area contributed by atoms with Gasteiger partial charge in [-0.1, -0.05) is 11.6 Å². The van der Waals surface area contributed by atoms with Gasteiger partial charge in [-0.05, 0) is 0 Å². The first-order valence-electron chi connectivity index (χ1n) is 0.924. The van der Waals surface area contributed by atoms with Gasteiger partial charge in [0.15, 0.2) is 0 Å². The molecule has 0 aliphatic rings. The number of halogens is 1. The lowest BCUT2D eigenvalue weighted by atomic mass is 11.4. The highest BCUT2D eigenvalue weighted by molar-refractivity contribution is 6.56. The minimum atomic E-state index is 1.22. The van der Waals surface area contributed by atoms with Crippen LogP contribution in [0.4, 0.5) is 0 Å². The molecule has 1 nitrogen and oxygen atoms in total. The monoisotopic (exact) mass is 77.0 g/mol. The van der Waals surface area contributed by atoms with Crippen LogP contribution in [-0.4, -0.2) is 12.7 Å². The van der Waals surface area contributed by atoms with E-state index in [4.69, 9.17) is 11.6 Å². The highest BCUT2D eigenvalue weighted by Crippen LogP contribution is 1.54. The van der Waals surface area contributed by atoms with Gasteiger partial charge >= 0.3 is 0 Å². The Morgan fingerprint density at radius 2 is 2.25 bits per heavy atom. The Labute approximate surface area is 30.3 Å². The summed E-state index contributed by atoms with van der Waals surface area (Å²) in [6, 6.07) is 0. The average Bonchev–Trinajstić information content (AvgIpc) is 1.37. The SMILES string of the molecule is CN=CCl. The molecule has 24 valence electrons. The Balaban J connectivity index is 2.55. The molecule has 0 saturated heterocycles. The molecule has 0 aliphatic carbocycles. The molecule has 0 spiro atoms. The first-order chi connectivity index (χ1) is 1.91. The topological polar surface area (TPSA) is 12.4 Å². The average molecular weight is 77.5 g/mol. The molecule has 0 atom stereocenters. The summed E-state index contributed by atoms with van der Waals surface area (Å²) < 4.78 is 0. The maximum Gasteiger partial charge on any atom is 0.0867 e. The van der Waals surface area contributed by atoms with Crippen molar-refractivity contribution in [2.75, 3.05) is 7.05 Å². The van der Waals surface area contributed by atoms with Crippen LogP contribution in [0.5, 0.6) is 0 Å². The lowest BCUT2D eigenvalue weighted by Gasteiger charge is -1.50. The van der Waals surface area contributed by atoms with Crippen molar-refractivity contribution in [1.82, 2.24) is 0 Å². The summed E-state index contributed by atoms with van der Waals surface area (Å²) in [4.78, 5) is 3.38. The molecule has 0 radical (unpaired) electrons. The molecule has 0 unspecified atom stereocenters. The summed E-state index contributed by atoms with van der Waals surface area (Å²) in [7, 11) is 1.62. The maximum absolute atomic E-state index is 4.89. The van der Waals surface area contributed by atoms with Gasteiger partial charge in [-0.3, -0.25) is 4.99 Å². The molecule has 0 aromatic heterocycles. The van der Waals surface area contributed by atoms with E-state index in [9.17, 15) is 0 Å². The van der Waals surface area contributed by atoms with Crippen molar-refractivity contribution in [2.24, 2.45) is 4.99 Å². The Morgan fingerprint density at radius 3 is 2.25 bits per heavy atom. The highest BCUT2D eigenvalue weighted by Gasteiger charge is 1.36. The van der Waals surface area contributed by atoms with Gasteiger partial charge in [-0.2, -0.15) is 0 Å². The summed E-state index contributed by atoms with van der Waals surface area (Å²) in [6.45, 7) is 0. The minimum Gasteiger partial charge on any atom is -0.284 e. The zero-order chi connectivity index (χ0) is 3.41. The summed E-state index contributed by atoms with van der Waals surface area (Å²) in [6.07, 6.45) is 0. The zero-order valence-corrected chi connectivity index (χ0v) is 3.16. The third-order valence-corrected chi connectivity index (χ3v) is 0.293. The van der Waals surface area contributed by atoms with Crippen molar-refractivity contribution >= 4 is 17.3 Å². The van der Waals surface area contributed by atoms with E-state index in [0.717, 1.165) is 0 Å². The van der Waals surface area contributed by atoms with E-state index in [1.807, 2.05) is 0 Å². The molecular weight excluding hydrogens is 73.5 g/mol. The first kappa shape index (κ1) is 3.96. The number of rotatable bonds is 0. The summed E-state index contributed by atoms with van der Waals surface area (Å²) in [5, 5.41) is 0. The molecule has 0 bridgehead atoms. The van der Waals surface area contributed by atoms with E-state index >= 15 is 0 Å². The smallest absolute Gasteiger partial charge is 0.0867 e. The Kier molecular flexibility index (Phi) is 2.93.